The standard InChI is InChI=1S/C4H5N3O.C3H4N4O/c5-4(8)3-1-6-2-7-3;4-3(8)2-1-5-7-6-2/h1-2H,(H2,5,8)(H,6,7);1H,(H2,4,8)(H,5,6,7). The molecule has 16 heavy (non-hydrogen) atoms. The molecule has 2 rings (SSSR count). The minimum absolute atomic E-state index is 0.157. The Morgan fingerprint density at radius 1 is 1.12 bits per heavy atom. The molecule has 0 unspecified atom stereocenters. The molecule has 84 valence electrons. The lowest BCUT2D eigenvalue weighted by atomic mass is 10.5. The normalized spacial score (nSPS) is 9.00. The Morgan fingerprint density at radius 3 is 2.06 bits per heavy atom. The fourth-order valence-corrected chi connectivity index (χ4v) is 0.717. The van der Waals surface area contributed by atoms with Gasteiger partial charge in [0, 0.05) is 6.20 Å². The van der Waals surface area contributed by atoms with E-state index in [4.69, 9.17) is 11.5 Å². The first-order valence-electron chi connectivity index (χ1n) is 4.06. The van der Waals surface area contributed by atoms with E-state index in [0.29, 0.717) is 0 Å². The molecule has 2 amide bonds. The lowest BCUT2D eigenvalue weighted by molar-refractivity contribution is 0.0987. The van der Waals surface area contributed by atoms with Crippen molar-refractivity contribution in [2.45, 2.75) is 0 Å². The second-order valence-corrected chi connectivity index (χ2v) is 2.54. The van der Waals surface area contributed by atoms with Crippen molar-refractivity contribution in [3.05, 3.63) is 30.1 Å². The Bertz CT molecular complexity index is 403. The number of carbonyl (C=O) groups is 2. The van der Waals surface area contributed by atoms with Gasteiger partial charge in [0.2, 0.25) is 0 Å². The minimum atomic E-state index is -0.571. The third-order valence-electron chi connectivity index (χ3n) is 1.42. The number of amides is 2. The van der Waals surface area contributed by atoms with Gasteiger partial charge in [-0.1, -0.05) is 5.21 Å². The highest BCUT2D eigenvalue weighted by Gasteiger charge is 1.99. The van der Waals surface area contributed by atoms with Crippen molar-refractivity contribution in [2.24, 2.45) is 11.5 Å². The van der Waals surface area contributed by atoms with Crippen LogP contribution in [0, 0.1) is 0 Å². The number of nitrogens with two attached hydrogens (primary N) is 2. The molecule has 0 aliphatic carbocycles. The van der Waals surface area contributed by atoms with Crippen LogP contribution in [0.25, 0.3) is 0 Å². The summed E-state index contributed by atoms with van der Waals surface area (Å²) < 4.78 is 0. The molecule has 0 spiro atoms. The molecular weight excluding hydrogens is 214 g/mol. The van der Waals surface area contributed by atoms with E-state index in [0.717, 1.165) is 0 Å². The van der Waals surface area contributed by atoms with Gasteiger partial charge in [-0.05, 0) is 0 Å². The van der Waals surface area contributed by atoms with Gasteiger partial charge in [0.05, 0.1) is 12.5 Å². The van der Waals surface area contributed by atoms with Crippen molar-refractivity contribution >= 4 is 11.8 Å². The predicted molar refractivity (Wildman–Crippen MR) is 52.0 cm³/mol. The van der Waals surface area contributed by atoms with Crippen LogP contribution in [0.2, 0.25) is 0 Å². The van der Waals surface area contributed by atoms with Crippen molar-refractivity contribution in [1.29, 1.82) is 0 Å². The van der Waals surface area contributed by atoms with Gasteiger partial charge in [0.1, 0.15) is 5.69 Å². The molecular formula is C7H9N7O2. The number of aromatic amines is 2. The maximum atomic E-state index is 10.2. The van der Waals surface area contributed by atoms with E-state index in [1.807, 2.05) is 0 Å². The van der Waals surface area contributed by atoms with Crippen LogP contribution >= 0.6 is 0 Å². The third-order valence-corrected chi connectivity index (χ3v) is 1.42. The average Bonchev–Trinajstić information content (AvgIpc) is 2.93. The summed E-state index contributed by atoms with van der Waals surface area (Å²) in [6, 6.07) is 0. The Balaban J connectivity index is 0.000000160. The molecule has 0 saturated heterocycles. The number of nitrogens with one attached hydrogen (secondary N) is 2. The highest BCUT2D eigenvalue weighted by Crippen LogP contribution is 1.85. The average molecular weight is 223 g/mol. The van der Waals surface area contributed by atoms with Crippen molar-refractivity contribution in [3.8, 4) is 0 Å². The first kappa shape index (κ1) is 11.4. The van der Waals surface area contributed by atoms with Gasteiger partial charge in [-0.15, -0.1) is 5.10 Å². The molecule has 0 radical (unpaired) electrons. The van der Waals surface area contributed by atoms with Crippen LogP contribution in [0.5, 0.6) is 0 Å². The number of H-pyrrole nitrogens is 2. The van der Waals surface area contributed by atoms with Crippen LogP contribution in [-0.2, 0) is 0 Å². The maximum absolute atomic E-state index is 10.2. The fourth-order valence-electron chi connectivity index (χ4n) is 0.717. The zero-order valence-electron chi connectivity index (χ0n) is 8.04. The molecule has 9 heteroatoms. The first-order chi connectivity index (χ1) is 7.61. The Labute approximate surface area is 89.2 Å². The zero-order valence-corrected chi connectivity index (χ0v) is 8.04. The molecule has 0 aliphatic heterocycles. The maximum Gasteiger partial charge on any atom is 0.270 e. The van der Waals surface area contributed by atoms with Crippen LogP contribution in [0.1, 0.15) is 21.0 Å². The van der Waals surface area contributed by atoms with E-state index in [1.165, 1.54) is 18.7 Å². The molecule has 2 aromatic heterocycles. The number of carbonyl (C=O) groups excluding carboxylic acids is 2. The lowest BCUT2D eigenvalue weighted by Gasteiger charge is -1.78. The van der Waals surface area contributed by atoms with Gasteiger partial charge in [-0.3, -0.25) is 14.7 Å². The molecule has 0 bridgehead atoms. The monoisotopic (exact) mass is 223 g/mol. The molecule has 2 heterocycles. The molecule has 0 aliphatic rings. The minimum Gasteiger partial charge on any atom is -0.364 e. The number of rotatable bonds is 2. The number of hydrogen-bond donors (Lipinski definition) is 4. The van der Waals surface area contributed by atoms with Crippen LogP contribution in [0.3, 0.4) is 0 Å². The summed E-state index contributed by atoms with van der Waals surface area (Å²) in [5.74, 6) is -1.08. The van der Waals surface area contributed by atoms with Crippen molar-refractivity contribution < 1.29 is 9.59 Å². The molecule has 0 fully saturated rings. The van der Waals surface area contributed by atoms with Gasteiger partial charge in [0.25, 0.3) is 11.8 Å². The van der Waals surface area contributed by atoms with Crippen LogP contribution in [0.4, 0.5) is 0 Å². The molecule has 0 atom stereocenters. The predicted octanol–water partition coefficient (Wildman–Crippen LogP) is -1.59. The molecule has 6 N–H and O–H groups in total. The molecule has 0 saturated carbocycles. The van der Waals surface area contributed by atoms with Gasteiger partial charge < -0.3 is 16.5 Å². The van der Waals surface area contributed by atoms with Gasteiger partial charge in [-0.2, -0.15) is 0 Å². The Hall–Kier alpha value is -2.71. The van der Waals surface area contributed by atoms with Crippen molar-refractivity contribution in [3.63, 3.8) is 0 Å². The van der Waals surface area contributed by atoms with Crippen LogP contribution in [0.15, 0.2) is 18.7 Å². The Morgan fingerprint density at radius 2 is 1.81 bits per heavy atom. The topological polar surface area (TPSA) is 156 Å². The number of hydrogen-bond acceptors (Lipinski definition) is 5. The fraction of sp³-hybridized carbons (Fsp3) is 0. The summed E-state index contributed by atoms with van der Waals surface area (Å²) in [6.07, 6.45) is 4.19. The van der Waals surface area contributed by atoms with Crippen LogP contribution < -0.4 is 11.5 Å². The third kappa shape index (κ3) is 3.21. The van der Waals surface area contributed by atoms with E-state index in [2.05, 4.69) is 25.4 Å². The quantitative estimate of drug-likeness (QED) is 0.482. The number of nitrogens with zero attached hydrogens (tertiary/aromatic N) is 3. The molecule has 9 nitrogen and oxygen atoms in total. The number of imidazole rings is 1. The lowest BCUT2D eigenvalue weighted by Crippen LogP contribution is -2.10. The van der Waals surface area contributed by atoms with E-state index in [9.17, 15) is 9.59 Å². The zero-order chi connectivity index (χ0) is 12.0. The number of primary amides is 2. The van der Waals surface area contributed by atoms with Crippen LogP contribution in [-0.4, -0.2) is 37.2 Å². The SMILES string of the molecule is NC(=O)c1c[nH]cn1.NC(=O)c1c[nH]nn1. The second-order valence-electron chi connectivity index (χ2n) is 2.54. The summed E-state index contributed by atoms with van der Waals surface area (Å²) in [5, 5.41) is 8.95. The van der Waals surface area contributed by atoms with E-state index < -0.39 is 11.8 Å². The number of aromatic nitrogens is 5. The summed E-state index contributed by atoms with van der Waals surface area (Å²) in [4.78, 5) is 26.5. The summed E-state index contributed by atoms with van der Waals surface area (Å²) in [6.45, 7) is 0. The van der Waals surface area contributed by atoms with Crippen molar-refractivity contribution in [1.82, 2.24) is 25.4 Å². The summed E-state index contributed by atoms with van der Waals surface area (Å²) in [5.41, 5.74) is 10.1. The highest BCUT2D eigenvalue weighted by atomic mass is 16.1. The van der Waals surface area contributed by atoms with E-state index >= 15 is 0 Å². The summed E-state index contributed by atoms with van der Waals surface area (Å²) in [7, 11) is 0. The molecule has 2 aromatic rings. The van der Waals surface area contributed by atoms with E-state index in [-0.39, 0.29) is 11.4 Å². The van der Waals surface area contributed by atoms with Gasteiger partial charge in [0.15, 0.2) is 5.69 Å². The first-order valence-corrected chi connectivity index (χ1v) is 4.06. The van der Waals surface area contributed by atoms with Gasteiger partial charge in [-0.25, -0.2) is 4.98 Å². The highest BCUT2D eigenvalue weighted by molar-refractivity contribution is 5.90. The second kappa shape index (κ2) is 5.24. The smallest absolute Gasteiger partial charge is 0.270 e. The molecule has 0 aromatic carbocycles. The summed E-state index contributed by atoms with van der Waals surface area (Å²) >= 11 is 0. The van der Waals surface area contributed by atoms with E-state index in [1.54, 1.807) is 0 Å². The largest absolute Gasteiger partial charge is 0.364 e. The Kier molecular flexibility index (Phi) is 3.72. The van der Waals surface area contributed by atoms with Gasteiger partial charge >= 0.3 is 0 Å². The van der Waals surface area contributed by atoms with Crippen molar-refractivity contribution in [2.75, 3.05) is 0 Å².